The summed E-state index contributed by atoms with van der Waals surface area (Å²) in [6, 6.07) is 4.69. The predicted octanol–water partition coefficient (Wildman–Crippen LogP) is 1.24. The third-order valence-corrected chi connectivity index (χ3v) is 4.78. The van der Waals surface area contributed by atoms with E-state index in [2.05, 4.69) is 0 Å². The lowest BCUT2D eigenvalue weighted by molar-refractivity contribution is -0.130. The van der Waals surface area contributed by atoms with Crippen LogP contribution in [0.1, 0.15) is 51.8 Å². The fourth-order valence-corrected chi connectivity index (χ4v) is 3.36. The molecular weight excluding hydrogens is 334 g/mol. The molecule has 0 bridgehead atoms. The van der Waals surface area contributed by atoms with E-state index in [9.17, 15) is 19.2 Å². The Morgan fingerprint density at radius 1 is 0.962 bits per heavy atom. The Bertz CT molecular complexity index is 779. The van der Waals surface area contributed by atoms with Crippen molar-refractivity contribution < 1.29 is 19.2 Å². The number of carbonyl (C=O) groups is 4. The van der Waals surface area contributed by atoms with Gasteiger partial charge in [-0.3, -0.25) is 24.1 Å². The van der Waals surface area contributed by atoms with Gasteiger partial charge in [-0.05, 0) is 24.1 Å². The monoisotopic (exact) mass is 357 g/mol. The van der Waals surface area contributed by atoms with Crippen LogP contribution < -0.4 is 0 Å². The third kappa shape index (κ3) is 3.21. The van der Waals surface area contributed by atoms with Gasteiger partial charge in [0, 0.05) is 45.2 Å². The Kier molecular flexibility index (Phi) is 4.80. The number of rotatable bonds is 3. The smallest absolute Gasteiger partial charge is 0.261 e. The van der Waals surface area contributed by atoms with Crippen molar-refractivity contribution in [1.29, 1.82) is 0 Å². The number of amides is 4. The molecule has 1 aromatic rings. The molecule has 26 heavy (non-hydrogen) atoms. The molecule has 0 radical (unpaired) electrons. The van der Waals surface area contributed by atoms with Crippen LogP contribution in [0.25, 0.3) is 0 Å². The quantitative estimate of drug-likeness (QED) is 0.763. The Morgan fingerprint density at radius 3 is 2.12 bits per heavy atom. The van der Waals surface area contributed by atoms with Gasteiger partial charge in [-0.25, -0.2) is 0 Å². The summed E-state index contributed by atoms with van der Waals surface area (Å²) in [5.74, 6) is -0.638. The number of hydrogen-bond donors (Lipinski definition) is 0. The van der Waals surface area contributed by atoms with Crippen LogP contribution in [0.3, 0.4) is 0 Å². The molecule has 138 valence electrons. The molecule has 1 saturated heterocycles. The molecule has 0 N–H and O–H groups in total. The van der Waals surface area contributed by atoms with Crippen LogP contribution in [0, 0.1) is 5.92 Å². The van der Waals surface area contributed by atoms with Gasteiger partial charge < -0.3 is 9.80 Å². The maximum atomic E-state index is 12.7. The van der Waals surface area contributed by atoms with Crippen LogP contribution >= 0.6 is 0 Å². The number of piperazine rings is 1. The molecular formula is C19H23N3O4. The van der Waals surface area contributed by atoms with Gasteiger partial charge in [0.25, 0.3) is 17.7 Å². The lowest BCUT2D eigenvalue weighted by Gasteiger charge is -2.34. The lowest BCUT2D eigenvalue weighted by atomic mass is 10.0. The van der Waals surface area contributed by atoms with Crippen molar-refractivity contribution in [2.24, 2.45) is 5.92 Å². The Labute approximate surface area is 152 Å². The molecule has 0 saturated carbocycles. The average molecular weight is 357 g/mol. The van der Waals surface area contributed by atoms with Crippen molar-refractivity contribution in [3.05, 3.63) is 34.9 Å². The highest BCUT2D eigenvalue weighted by molar-refractivity contribution is 6.22. The molecule has 3 rings (SSSR count). The molecule has 7 nitrogen and oxygen atoms in total. The second kappa shape index (κ2) is 6.90. The Balaban J connectivity index is 1.77. The normalized spacial score (nSPS) is 17.2. The van der Waals surface area contributed by atoms with Crippen molar-refractivity contribution in [3.63, 3.8) is 0 Å². The van der Waals surface area contributed by atoms with Crippen molar-refractivity contribution in [1.82, 2.24) is 14.7 Å². The highest BCUT2D eigenvalue weighted by atomic mass is 16.2. The minimum Gasteiger partial charge on any atom is -0.339 e. The van der Waals surface area contributed by atoms with E-state index in [1.54, 1.807) is 21.9 Å². The minimum atomic E-state index is -0.338. The van der Waals surface area contributed by atoms with Crippen LogP contribution in [0.5, 0.6) is 0 Å². The number of carbonyl (C=O) groups excluding carboxylic acids is 4. The molecule has 2 aliphatic rings. The molecule has 2 aliphatic heterocycles. The first-order valence-corrected chi connectivity index (χ1v) is 8.84. The first-order chi connectivity index (χ1) is 12.3. The van der Waals surface area contributed by atoms with Gasteiger partial charge in [-0.2, -0.15) is 0 Å². The van der Waals surface area contributed by atoms with Crippen LogP contribution in [-0.2, 0) is 4.79 Å². The van der Waals surface area contributed by atoms with E-state index in [1.165, 1.54) is 17.9 Å². The second-order valence-electron chi connectivity index (χ2n) is 7.17. The molecule has 0 aromatic heterocycles. The highest BCUT2D eigenvalue weighted by Crippen LogP contribution is 2.25. The van der Waals surface area contributed by atoms with Crippen LogP contribution in [0.2, 0.25) is 0 Å². The minimum absolute atomic E-state index is 0.00369. The van der Waals surface area contributed by atoms with Crippen molar-refractivity contribution >= 4 is 23.6 Å². The summed E-state index contributed by atoms with van der Waals surface area (Å²) in [6.45, 7) is 7.70. The molecule has 2 heterocycles. The maximum Gasteiger partial charge on any atom is 0.261 e. The molecule has 0 spiro atoms. The van der Waals surface area contributed by atoms with E-state index < -0.39 is 0 Å². The predicted molar refractivity (Wildman–Crippen MR) is 94.8 cm³/mol. The van der Waals surface area contributed by atoms with Gasteiger partial charge in [0.15, 0.2) is 0 Å². The zero-order chi connectivity index (χ0) is 19.0. The number of fused-ring (bicyclic) bond motifs is 1. The molecule has 1 aromatic carbocycles. The van der Waals surface area contributed by atoms with E-state index in [4.69, 9.17) is 0 Å². The summed E-state index contributed by atoms with van der Waals surface area (Å²) in [6.07, 6.45) is 0. The molecule has 0 unspecified atom stereocenters. The summed E-state index contributed by atoms with van der Waals surface area (Å²) in [5.41, 5.74) is 1.05. The van der Waals surface area contributed by atoms with Gasteiger partial charge in [-0.1, -0.05) is 13.8 Å². The lowest BCUT2D eigenvalue weighted by Crippen LogP contribution is -2.50. The maximum absolute atomic E-state index is 12.7. The van der Waals surface area contributed by atoms with Crippen LogP contribution in [0.15, 0.2) is 18.2 Å². The molecule has 0 atom stereocenters. The van der Waals surface area contributed by atoms with Gasteiger partial charge in [0.05, 0.1) is 11.1 Å². The third-order valence-electron chi connectivity index (χ3n) is 4.78. The zero-order valence-corrected chi connectivity index (χ0v) is 15.3. The number of benzene rings is 1. The summed E-state index contributed by atoms with van der Waals surface area (Å²) >= 11 is 0. The van der Waals surface area contributed by atoms with E-state index in [1.807, 2.05) is 13.8 Å². The van der Waals surface area contributed by atoms with Gasteiger partial charge in [0.1, 0.15) is 0 Å². The second-order valence-corrected chi connectivity index (χ2v) is 7.17. The topological polar surface area (TPSA) is 78.0 Å². The SMILES string of the molecule is CC(=O)N1CCN(C(=O)c2ccc3c(c2)C(=O)N(CC(C)C)C3=O)CC1. The van der Waals surface area contributed by atoms with E-state index >= 15 is 0 Å². The largest absolute Gasteiger partial charge is 0.339 e. The van der Waals surface area contributed by atoms with Crippen molar-refractivity contribution in [2.45, 2.75) is 20.8 Å². The number of hydrogen-bond acceptors (Lipinski definition) is 4. The van der Waals surface area contributed by atoms with E-state index in [-0.39, 0.29) is 29.5 Å². The van der Waals surface area contributed by atoms with E-state index in [0.29, 0.717) is 49.4 Å². The number of imide groups is 1. The molecule has 7 heteroatoms. The fourth-order valence-electron chi connectivity index (χ4n) is 3.36. The van der Waals surface area contributed by atoms with E-state index in [0.717, 1.165) is 0 Å². The molecule has 0 aliphatic carbocycles. The van der Waals surface area contributed by atoms with Gasteiger partial charge >= 0.3 is 0 Å². The Hall–Kier alpha value is -2.70. The summed E-state index contributed by atoms with van der Waals surface area (Å²) < 4.78 is 0. The molecule has 1 fully saturated rings. The van der Waals surface area contributed by atoms with Crippen molar-refractivity contribution in [3.8, 4) is 0 Å². The van der Waals surface area contributed by atoms with Gasteiger partial charge in [0.2, 0.25) is 5.91 Å². The summed E-state index contributed by atoms with van der Waals surface area (Å²) in [4.78, 5) is 53.7. The van der Waals surface area contributed by atoms with Crippen LogP contribution in [-0.4, -0.2) is 71.1 Å². The first-order valence-electron chi connectivity index (χ1n) is 8.84. The number of nitrogens with zero attached hydrogens (tertiary/aromatic N) is 3. The highest BCUT2D eigenvalue weighted by Gasteiger charge is 2.36. The van der Waals surface area contributed by atoms with Gasteiger partial charge in [-0.15, -0.1) is 0 Å². The fraction of sp³-hybridized carbons (Fsp3) is 0.474. The summed E-state index contributed by atoms with van der Waals surface area (Å²) in [5, 5.41) is 0. The molecule has 4 amide bonds. The zero-order valence-electron chi connectivity index (χ0n) is 15.3. The first kappa shape index (κ1) is 18.1. The summed E-state index contributed by atoms with van der Waals surface area (Å²) in [7, 11) is 0. The van der Waals surface area contributed by atoms with Crippen molar-refractivity contribution in [2.75, 3.05) is 32.7 Å². The average Bonchev–Trinajstić information content (AvgIpc) is 2.85. The Morgan fingerprint density at radius 2 is 1.54 bits per heavy atom. The standard InChI is InChI=1S/C19H23N3O4/c1-12(2)11-22-18(25)15-5-4-14(10-16(15)19(22)26)17(24)21-8-6-20(7-9-21)13(3)23/h4-5,10,12H,6-9,11H2,1-3H3. The van der Waals surface area contributed by atoms with Crippen LogP contribution in [0.4, 0.5) is 0 Å².